The van der Waals surface area contributed by atoms with Crippen LogP contribution in [0.1, 0.15) is 0 Å². The van der Waals surface area contributed by atoms with Crippen molar-refractivity contribution in [2.45, 2.75) is 0 Å². The summed E-state index contributed by atoms with van der Waals surface area (Å²) in [4.78, 5) is 13.0. The lowest BCUT2D eigenvalue weighted by Gasteiger charge is -2.06. The Bertz CT molecular complexity index is 683. The molecule has 0 saturated heterocycles. The number of fused-ring (bicyclic) bond motifs is 1. The number of benzene rings is 1. The number of aromatic nitrogens is 3. The molecular formula is C14H11N3O. The lowest BCUT2D eigenvalue weighted by Crippen LogP contribution is -1.96. The molecule has 1 aromatic carbocycles. The summed E-state index contributed by atoms with van der Waals surface area (Å²) in [6, 6.07) is 11.6. The van der Waals surface area contributed by atoms with Gasteiger partial charge in [0.1, 0.15) is 0 Å². The zero-order chi connectivity index (χ0) is 12.4. The number of nitrogens with zero attached hydrogens (tertiary/aromatic N) is 3. The van der Waals surface area contributed by atoms with Gasteiger partial charge in [-0.2, -0.15) is 4.98 Å². The van der Waals surface area contributed by atoms with E-state index in [0.717, 1.165) is 16.5 Å². The fraction of sp³-hybridized carbons (Fsp3) is 0.0714. The number of ether oxygens (including phenoxy) is 1. The molecule has 0 fully saturated rings. The number of methoxy groups -OCH3 is 1. The van der Waals surface area contributed by atoms with Crippen LogP contribution in [0.15, 0.2) is 48.8 Å². The summed E-state index contributed by atoms with van der Waals surface area (Å²) in [5, 5.41) is 0.910. The second-order valence-corrected chi connectivity index (χ2v) is 3.82. The molecule has 2 aromatic heterocycles. The average Bonchev–Trinajstić information content (AvgIpc) is 2.47. The molecule has 0 aliphatic carbocycles. The minimum absolute atomic E-state index is 0.583. The van der Waals surface area contributed by atoms with Crippen molar-refractivity contribution in [2.24, 2.45) is 0 Å². The van der Waals surface area contributed by atoms with Crippen molar-refractivity contribution in [3.05, 3.63) is 48.8 Å². The second kappa shape index (κ2) is 4.41. The van der Waals surface area contributed by atoms with E-state index in [4.69, 9.17) is 4.74 Å². The predicted octanol–water partition coefficient (Wildman–Crippen LogP) is 2.70. The van der Waals surface area contributed by atoms with E-state index >= 15 is 0 Å². The third kappa shape index (κ3) is 1.78. The third-order valence-corrected chi connectivity index (χ3v) is 2.68. The van der Waals surface area contributed by atoms with Gasteiger partial charge in [-0.05, 0) is 24.3 Å². The van der Waals surface area contributed by atoms with E-state index in [1.165, 1.54) is 0 Å². The number of pyridine rings is 1. The maximum atomic E-state index is 5.32. The fourth-order valence-corrected chi connectivity index (χ4v) is 1.83. The number of hydrogen-bond donors (Lipinski definition) is 0. The minimum atomic E-state index is 0.583. The van der Waals surface area contributed by atoms with Crippen LogP contribution in [-0.4, -0.2) is 22.1 Å². The molecule has 3 rings (SSSR count). The highest BCUT2D eigenvalue weighted by Gasteiger charge is 2.08. The Labute approximate surface area is 104 Å². The Morgan fingerprint density at radius 2 is 1.89 bits per heavy atom. The van der Waals surface area contributed by atoms with Crippen LogP contribution in [0.3, 0.4) is 0 Å². The van der Waals surface area contributed by atoms with Gasteiger partial charge in [-0.15, -0.1) is 0 Å². The Balaban J connectivity index is 2.26. The molecule has 2 heterocycles. The summed E-state index contributed by atoms with van der Waals surface area (Å²) in [7, 11) is 1.61. The summed E-state index contributed by atoms with van der Waals surface area (Å²) < 4.78 is 5.32. The molecule has 0 radical (unpaired) electrons. The Kier molecular flexibility index (Phi) is 2.61. The summed E-state index contributed by atoms with van der Waals surface area (Å²) >= 11 is 0. The molecule has 0 unspecified atom stereocenters. The number of rotatable bonds is 2. The van der Waals surface area contributed by atoms with Gasteiger partial charge in [-0.1, -0.05) is 12.1 Å². The summed E-state index contributed by atoms with van der Waals surface area (Å²) in [5.41, 5.74) is 1.74. The van der Waals surface area contributed by atoms with Gasteiger partial charge in [0.2, 0.25) is 5.88 Å². The molecule has 0 amide bonds. The highest BCUT2D eigenvalue weighted by atomic mass is 16.5. The molecule has 0 saturated carbocycles. The van der Waals surface area contributed by atoms with Crippen LogP contribution in [0.25, 0.3) is 22.3 Å². The van der Waals surface area contributed by atoms with Crippen molar-refractivity contribution in [3.63, 3.8) is 0 Å². The Morgan fingerprint density at radius 3 is 2.67 bits per heavy atom. The second-order valence-electron chi connectivity index (χ2n) is 3.82. The quantitative estimate of drug-likeness (QED) is 0.687. The number of para-hydroxylation sites is 1. The van der Waals surface area contributed by atoms with E-state index in [1.54, 1.807) is 19.5 Å². The van der Waals surface area contributed by atoms with Crippen molar-refractivity contribution >= 4 is 10.9 Å². The van der Waals surface area contributed by atoms with Crippen LogP contribution >= 0.6 is 0 Å². The van der Waals surface area contributed by atoms with Crippen LogP contribution in [0.5, 0.6) is 5.88 Å². The van der Waals surface area contributed by atoms with E-state index in [9.17, 15) is 0 Å². The van der Waals surface area contributed by atoms with Gasteiger partial charge in [0.15, 0.2) is 5.82 Å². The van der Waals surface area contributed by atoms with Crippen LogP contribution in [0.2, 0.25) is 0 Å². The first-order chi connectivity index (χ1) is 8.88. The Hall–Kier alpha value is -2.49. The molecule has 0 N–H and O–H groups in total. The molecular weight excluding hydrogens is 226 g/mol. The fourth-order valence-electron chi connectivity index (χ4n) is 1.83. The maximum absolute atomic E-state index is 5.32. The molecule has 0 atom stereocenters. The van der Waals surface area contributed by atoms with E-state index in [1.807, 2.05) is 36.4 Å². The Morgan fingerprint density at radius 1 is 1.00 bits per heavy atom. The first-order valence-electron chi connectivity index (χ1n) is 5.59. The van der Waals surface area contributed by atoms with Crippen molar-refractivity contribution in [3.8, 4) is 17.3 Å². The van der Waals surface area contributed by atoms with E-state index in [-0.39, 0.29) is 0 Å². The van der Waals surface area contributed by atoms with Crippen LogP contribution in [0.4, 0.5) is 0 Å². The monoisotopic (exact) mass is 237 g/mol. The molecule has 4 nitrogen and oxygen atoms in total. The predicted molar refractivity (Wildman–Crippen MR) is 69.3 cm³/mol. The summed E-state index contributed by atoms with van der Waals surface area (Å²) in [6.45, 7) is 0. The lowest BCUT2D eigenvalue weighted by molar-refractivity contribution is 0.403. The molecule has 0 aliphatic rings. The molecule has 88 valence electrons. The van der Waals surface area contributed by atoms with Crippen LogP contribution < -0.4 is 4.74 Å². The van der Waals surface area contributed by atoms with E-state index in [0.29, 0.717) is 11.7 Å². The summed E-state index contributed by atoms with van der Waals surface area (Å²) in [5.74, 6) is 1.21. The van der Waals surface area contributed by atoms with Gasteiger partial charge >= 0.3 is 0 Å². The third-order valence-electron chi connectivity index (χ3n) is 2.68. The molecule has 0 bridgehead atoms. The van der Waals surface area contributed by atoms with Gasteiger partial charge in [-0.25, -0.2) is 4.98 Å². The highest BCUT2D eigenvalue weighted by Crippen LogP contribution is 2.25. The van der Waals surface area contributed by atoms with Crippen molar-refractivity contribution in [1.29, 1.82) is 0 Å². The lowest BCUT2D eigenvalue weighted by atomic mass is 10.2. The van der Waals surface area contributed by atoms with Gasteiger partial charge in [0.05, 0.1) is 18.0 Å². The zero-order valence-corrected chi connectivity index (χ0v) is 9.87. The van der Waals surface area contributed by atoms with Crippen molar-refractivity contribution in [2.75, 3.05) is 7.11 Å². The van der Waals surface area contributed by atoms with Gasteiger partial charge in [0.25, 0.3) is 0 Å². The zero-order valence-electron chi connectivity index (χ0n) is 9.87. The minimum Gasteiger partial charge on any atom is -0.480 e. The highest BCUT2D eigenvalue weighted by molar-refractivity contribution is 5.85. The normalized spacial score (nSPS) is 10.5. The molecule has 0 spiro atoms. The first-order valence-corrected chi connectivity index (χ1v) is 5.59. The maximum Gasteiger partial charge on any atom is 0.224 e. The van der Waals surface area contributed by atoms with Gasteiger partial charge < -0.3 is 4.74 Å². The standard InChI is InChI=1S/C14H11N3O/c1-18-14-11-6-2-3-7-12(11)16-13(17-14)10-5-4-8-15-9-10/h2-9H,1H3. The van der Waals surface area contributed by atoms with Crippen LogP contribution in [0, 0.1) is 0 Å². The summed E-state index contributed by atoms with van der Waals surface area (Å²) in [6.07, 6.45) is 3.46. The smallest absolute Gasteiger partial charge is 0.224 e. The van der Waals surface area contributed by atoms with Gasteiger partial charge in [-0.3, -0.25) is 4.98 Å². The molecule has 0 aliphatic heterocycles. The molecule has 4 heteroatoms. The van der Waals surface area contributed by atoms with Crippen molar-refractivity contribution < 1.29 is 4.74 Å². The van der Waals surface area contributed by atoms with Crippen LogP contribution in [-0.2, 0) is 0 Å². The first kappa shape index (κ1) is 10.7. The van der Waals surface area contributed by atoms with E-state index in [2.05, 4.69) is 15.0 Å². The molecule has 18 heavy (non-hydrogen) atoms. The van der Waals surface area contributed by atoms with Crippen molar-refractivity contribution in [1.82, 2.24) is 15.0 Å². The SMILES string of the molecule is COc1nc(-c2cccnc2)nc2ccccc12. The largest absolute Gasteiger partial charge is 0.480 e. The van der Waals surface area contributed by atoms with Gasteiger partial charge in [0, 0.05) is 18.0 Å². The molecule has 3 aromatic rings. The average molecular weight is 237 g/mol. The number of hydrogen-bond acceptors (Lipinski definition) is 4. The van der Waals surface area contributed by atoms with E-state index < -0.39 is 0 Å². The topological polar surface area (TPSA) is 47.9 Å².